The lowest BCUT2D eigenvalue weighted by Crippen LogP contribution is -2.37. The second-order valence-corrected chi connectivity index (χ2v) is 5.33. The fraction of sp³-hybridized carbons (Fsp3) is 0.667. The van der Waals surface area contributed by atoms with E-state index in [0.29, 0.717) is 0 Å². The molecular formula is C12H16N2O6. The highest BCUT2D eigenvalue weighted by Crippen LogP contribution is 2.42. The number of aliphatic hydroxyl groups excluding tert-OH is 1. The fourth-order valence-electron chi connectivity index (χ4n) is 2.66. The highest BCUT2D eigenvalue weighted by molar-refractivity contribution is 4.98. The molecule has 8 heteroatoms. The molecule has 0 aromatic carbocycles. The standard InChI is InChI=1S/C12H16N2O6/c1-12(2)19-8-6(5-15)18-10(9(8)20-12)14-4-3-7(16)13-11(14)17/h3-4,6,8-10,15H,5H2,1-2H3,(H,13,16,17)/t6-,8+,9+,10-/m1/s1. The van der Waals surface area contributed by atoms with Crippen LogP contribution in [0.5, 0.6) is 0 Å². The van der Waals surface area contributed by atoms with E-state index in [1.807, 2.05) is 0 Å². The number of nitrogens with zero attached hydrogens (tertiary/aromatic N) is 1. The zero-order chi connectivity index (χ0) is 14.5. The molecular weight excluding hydrogens is 268 g/mol. The maximum Gasteiger partial charge on any atom is 0.330 e. The third-order valence-electron chi connectivity index (χ3n) is 3.43. The summed E-state index contributed by atoms with van der Waals surface area (Å²) >= 11 is 0. The van der Waals surface area contributed by atoms with Crippen molar-refractivity contribution in [1.29, 1.82) is 0 Å². The van der Waals surface area contributed by atoms with Gasteiger partial charge >= 0.3 is 5.69 Å². The van der Waals surface area contributed by atoms with Crippen LogP contribution in [0, 0.1) is 0 Å². The number of aliphatic hydroxyl groups is 1. The van der Waals surface area contributed by atoms with E-state index in [4.69, 9.17) is 14.2 Å². The molecule has 8 nitrogen and oxygen atoms in total. The van der Waals surface area contributed by atoms with E-state index in [2.05, 4.69) is 4.98 Å². The van der Waals surface area contributed by atoms with Crippen molar-refractivity contribution in [3.63, 3.8) is 0 Å². The van der Waals surface area contributed by atoms with Crippen LogP contribution in [0.25, 0.3) is 0 Å². The quantitative estimate of drug-likeness (QED) is 0.718. The molecule has 0 spiro atoms. The molecule has 3 heterocycles. The number of nitrogens with one attached hydrogen (secondary N) is 1. The van der Waals surface area contributed by atoms with Crippen LogP contribution >= 0.6 is 0 Å². The minimum absolute atomic E-state index is 0.241. The number of rotatable bonds is 2. The molecule has 110 valence electrons. The maximum atomic E-state index is 11.8. The Labute approximate surface area is 113 Å². The van der Waals surface area contributed by atoms with Crippen LogP contribution in [0.3, 0.4) is 0 Å². The topological polar surface area (TPSA) is 103 Å². The number of fused-ring (bicyclic) bond motifs is 1. The Morgan fingerprint density at radius 2 is 2.05 bits per heavy atom. The molecule has 3 rings (SSSR count). The second-order valence-electron chi connectivity index (χ2n) is 5.33. The van der Waals surface area contributed by atoms with Gasteiger partial charge in [-0.2, -0.15) is 0 Å². The smallest absolute Gasteiger partial charge is 0.330 e. The van der Waals surface area contributed by atoms with E-state index < -0.39 is 41.6 Å². The molecule has 2 fully saturated rings. The van der Waals surface area contributed by atoms with Crippen molar-refractivity contribution in [1.82, 2.24) is 9.55 Å². The first kappa shape index (κ1) is 13.5. The van der Waals surface area contributed by atoms with Gasteiger partial charge in [-0.3, -0.25) is 14.3 Å². The van der Waals surface area contributed by atoms with Gasteiger partial charge in [0.2, 0.25) is 0 Å². The average molecular weight is 284 g/mol. The van der Waals surface area contributed by atoms with Crippen LogP contribution in [-0.4, -0.2) is 45.4 Å². The lowest BCUT2D eigenvalue weighted by Gasteiger charge is -2.24. The van der Waals surface area contributed by atoms with Gasteiger partial charge in [0.05, 0.1) is 6.61 Å². The lowest BCUT2D eigenvalue weighted by molar-refractivity contribution is -0.200. The van der Waals surface area contributed by atoms with Gasteiger partial charge < -0.3 is 19.3 Å². The SMILES string of the molecule is CC1(C)O[C@@H]2[C@H](O1)[C@H](n1ccc(=O)[nH]c1=O)O[C@@H]2CO. The van der Waals surface area contributed by atoms with Crippen LogP contribution in [0.4, 0.5) is 0 Å². The molecule has 0 radical (unpaired) electrons. The van der Waals surface area contributed by atoms with E-state index in [0.717, 1.165) is 0 Å². The predicted octanol–water partition coefficient (Wildman–Crippen LogP) is -1.05. The monoisotopic (exact) mass is 284 g/mol. The third-order valence-corrected chi connectivity index (χ3v) is 3.43. The number of aromatic amines is 1. The van der Waals surface area contributed by atoms with Gasteiger partial charge in [0.15, 0.2) is 12.0 Å². The Balaban J connectivity index is 1.98. The van der Waals surface area contributed by atoms with E-state index in [-0.39, 0.29) is 6.61 Å². The van der Waals surface area contributed by atoms with Gasteiger partial charge in [-0.15, -0.1) is 0 Å². The predicted molar refractivity (Wildman–Crippen MR) is 66.1 cm³/mol. The van der Waals surface area contributed by atoms with Crippen molar-refractivity contribution in [2.24, 2.45) is 0 Å². The molecule has 2 N–H and O–H groups in total. The third kappa shape index (κ3) is 2.10. The molecule has 2 saturated heterocycles. The van der Waals surface area contributed by atoms with E-state index in [9.17, 15) is 14.7 Å². The Hall–Kier alpha value is -1.48. The molecule has 0 unspecified atom stereocenters. The van der Waals surface area contributed by atoms with E-state index in [1.165, 1.54) is 16.8 Å². The zero-order valence-electron chi connectivity index (χ0n) is 11.1. The normalized spacial score (nSPS) is 35.1. The minimum atomic E-state index is -0.809. The molecule has 0 saturated carbocycles. The fourth-order valence-corrected chi connectivity index (χ4v) is 2.66. The summed E-state index contributed by atoms with van der Waals surface area (Å²) in [5.74, 6) is -0.809. The second kappa shape index (κ2) is 4.52. The van der Waals surface area contributed by atoms with Crippen LogP contribution in [0.2, 0.25) is 0 Å². The number of H-pyrrole nitrogens is 1. The zero-order valence-corrected chi connectivity index (χ0v) is 11.1. The van der Waals surface area contributed by atoms with Gasteiger partial charge in [-0.05, 0) is 13.8 Å². The summed E-state index contributed by atoms with van der Waals surface area (Å²) in [5.41, 5.74) is -1.07. The van der Waals surface area contributed by atoms with Crippen LogP contribution in [0.1, 0.15) is 20.1 Å². The molecule has 0 aliphatic carbocycles. The van der Waals surface area contributed by atoms with Crippen molar-refractivity contribution in [3.8, 4) is 0 Å². The van der Waals surface area contributed by atoms with Crippen molar-refractivity contribution in [2.45, 2.75) is 44.2 Å². The number of hydrogen-bond donors (Lipinski definition) is 2. The summed E-state index contributed by atoms with van der Waals surface area (Å²) in [6, 6.07) is 1.23. The molecule has 4 atom stereocenters. The Bertz CT molecular complexity index is 621. The van der Waals surface area contributed by atoms with Crippen LogP contribution < -0.4 is 11.2 Å². The van der Waals surface area contributed by atoms with Crippen LogP contribution in [-0.2, 0) is 14.2 Å². The first-order valence-corrected chi connectivity index (χ1v) is 6.35. The van der Waals surface area contributed by atoms with Crippen LogP contribution in [0.15, 0.2) is 21.9 Å². The number of ether oxygens (including phenoxy) is 3. The van der Waals surface area contributed by atoms with Gasteiger partial charge in [-0.25, -0.2) is 4.79 Å². The van der Waals surface area contributed by atoms with Gasteiger partial charge in [0.1, 0.15) is 18.3 Å². The van der Waals surface area contributed by atoms with Crippen molar-refractivity contribution < 1.29 is 19.3 Å². The highest BCUT2D eigenvalue weighted by Gasteiger charge is 2.55. The highest BCUT2D eigenvalue weighted by atomic mass is 16.8. The molecule has 2 aliphatic rings. The first-order valence-electron chi connectivity index (χ1n) is 6.35. The van der Waals surface area contributed by atoms with E-state index in [1.54, 1.807) is 13.8 Å². The molecule has 1 aromatic rings. The van der Waals surface area contributed by atoms with Gasteiger partial charge in [0, 0.05) is 12.3 Å². The summed E-state index contributed by atoms with van der Waals surface area (Å²) in [6.07, 6.45) is -0.962. The van der Waals surface area contributed by atoms with Crippen molar-refractivity contribution in [2.75, 3.05) is 6.61 Å². The van der Waals surface area contributed by atoms with Crippen molar-refractivity contribution in [3.05, 3.63) is 33.1 Å². The summed E-state index contributed by atoms with van der Waals surface area (Å²) in [7, 11) is 0. The Morgan fingerprint density at radius 3 is 2.70 bits per heavy atom. The molecule has 0 amide bonds. The van der Waals surface area contributed by atoms with Crippen molar-refractivity contribution >= 4 is 0 Å². The maximum absolute atomic E-state index is 11.8. The average Bonchev–Trinajstić information content (AvgIpc) is 2.83. The minimum Gasteiger partial charge on any atom is -0.394 e. The van der Waals surface area contributed by atoms with Gasteiger partial charge in [-0.1, -0.05) is 0 Å². The summed E-state index contributed by atoms with van der Waals surface area (Å²) in [6.45, 7) is 3.27. The van der Waals surface area contributed by atoms with Gasteiger partial charge in [0.25, 0.3) is 5.56 Å². The number of aromatic nitrogens is 2. The molecule has 1 aromatic heterocycles. The Kier molecular flexibility index (Phi) is 3.05. The molecule has 2 aliphatic heterocycles. The summed E-state index contributed by atoms with van der Waals surface area (Å²) in [5, 5.41) is 9.36. The Morgan fingerprint density at radius 1 is 1.35 bits per heavy atom. The summed E-state index contributed by atoms with van der Waals surface area (Å²) in [4.78, 5) is 25.1. The first-order chi connectivity index (χ1) is 9.41. The number of hydrogen-bond acceptors (Lipinski definition) is 6. The summed E-state index contributed by atoms with van der Waals surface area (Å²) < 4.78 is 18.3. The van der Waals surface area contributed by atoms with E-state index >= 15 is 0 Å². The largest absolute Gasteiger partial charge is 0.394 e. The lowest BCUT2D eigenvalue weighted by atomic mass is 10.1. The molecule has 0 bridgehead atoms. The molecule has 20 heavy (non-hydrogen) atoms.